The van der Waals surface area contributed by atoms with Crippen molar-refractivity contribution >= 4 is 5.91 Å². The number of amides is 1. The molecular formula is C18H24N4O2. The molecule has 0 spiro atoms. The minimum Gasteiger partial charge on any atom is -0.371 e. The number of carbonyl (C=O) groups excluding carboxylic acids is 1. The molecule has 0 unspecified atom stereocenters. The average Bonchev–Trinajstić information content (AvgIpc) is 3.05. The molecule has 1 aliphatic heterocycles. The van der Waals surface area contributed by atoms with E-state index in [4.69, 9.17) is 4.74 Å². The standard InChI is InChI=1S/C18H24N4O2/c1-21-14-19-20-18(21)16-7-10-22(11-8-16)17(23)13-24-12-9-15-5-3-2-4-6-15/h2-6,14,16H,7-13H2,1H3. The Bertz CT molecular complexity index is 648. The van der Waals surface area contributed by atoms with Crippen LogP contribution < -0.4 is 0 Å². The number of aryl methyl sites for hydroxylation is 1. The van der Waals surface area contributed by atoms with Gasteiger partial charge < -0.3 is 14.2 Å². The highest BCUT2D eigenvalue weighted by atomic mass is 16.5. The fourth-order valence-electron chi connectivity index (χ4n) is 3.13. The highest BCUT2D eigenvalue weighted by molar-refractivity contribution is 5.77. The molecule has 0 N–H and O–H groups in total. The van der Waals surface area contributed by atoms with Crippen LogP contribution in [0.3, 0.4) is 0 Å². The monoisotopic (exact) mass is 328 g/mol. The van der Waals surface area contributed by atoms with Crippen molar-refractivity contribution in [3.8, 4) is 0 Å². The van der Waals surface area contributed by atoms with Crippen LogP contribution in [0.5, 0.6) is 0 Å². The molecule has 1 aliphatic rings. The van der Waals surface area contributed by atoms with Crippen molar-refractivity contribution in [3.63, 3.8) is 0 Å². The van der Waals surface area contributed by atoms with Crippen molar-refractivity contribution in [2.45, 2.75) is 25.2 Å². The predicted molar refractivity (Wildman–Crippen MR) is 90.5 cm³/mol. The summed E-state index contributed by atoms with van der Waals surface area (Å²) in [6.45, 7) is 2.27. The van der Waals surface area contributed by atoms with E-state index in [-0.39, 0.29) is 12.5 Å². The van der Waals surface area contributed by atoms with Gasteiger partial charge in [-0.3, -0.25) is 4.79 Å². The minimum atomic E-state index is 0.0828. The van der Waals surface area contributed by atoms with Crippen molar-refractivity contribution < 1.29 is 9.53 Å². The van der Waals surface area contributed by atoms with Gasteiger partial charge in [-0.05, 0) is 24.8 Å². The third-order valence-electron chi connectivity index (χ3n) is 4.56. The lowest BCUT2D eigenvalue weighted by Crippen LogP contribution is -2.40. The van der Waals surface area contributed by atoms with Crippen LogP contribution in [0.25, 0.3) is 0 Å². The molecule has 0 radical (unpaired) electrons. The van der Waals surface area contributed by atoms with E-state index in [0.717, 1.165) is 38.2 Å². The first kappa shape index (κ1) is 16.6. The number of ether oxygens (including phenoxy) is 1. The van der Waals surface area contributed by atoms with Crippen molar-refractivity contribution in [1.29, 1.82) is 0 Å². The number of piperidine rings is 1. The molecule has 2 aromatic rings. The maximum Gasteiger partial charge on any atom is 0.248 e. The molecule has 6 nitrogen and oxygen atoms in total. The van der Waals surface area contributed by atoms with Crippen LogP contribution >= 0.6 is 0 Å². The molecule has 0 saturated carbocycles. The second-order valence-electron chi connectivity index (χ2n) is 6.24. The lowest BCUT2D eigenvalue weighted by atomic mass is 9.96. The number of nitrogens with zero attached hydrogens (tertiary/aromatic N) is 4. The first-order chi connectivity index (χ1) is 11.7. The van der Waals surface area contributed by atoms with E-state index in [0.29, 0.717) is 12.5 Å². The van der Waals surface area contributed by atoms with E-state index in [1.807, 2.05) is 34.7 Å². The van der Waals surface area contributed by atoms with Crippen molar-refractivity contribution in [1.82, 2.24) is 19.7 Å². The molecule has 1 aromatic carbocycles. The molecule has 0 atom stereocenters. The average molecular weight is 328 g/mol. The summed E-state index contributed by atoms with van der Waals surface area (Å²) in [5, 5.41) is 8.12. The van der Waals surface area contributed by atoms with Crippen LogP contribution in [-0.4, -0.2) is 51.9 Å². The van der Waals surface area contributed by atoms with E-state index in [2.05, 4.69) is 22.3 Å². The van der Waals surface area contributed by atoms with Gasteiger partial charge in [-0.25, -0.2) is 0 Å². The van der Waals surface area contributed by atoms with E-state index in [9.17, 15) is 4.79 Å². The SMILES string of the molecule is Cn1cnnc1C1CCN(C(=O)COCCc2ccccc2)CC1. The fraction of sp³-hybridized carbons (Fsp3) is 0.500. The molecule has 24 heavy (non-hydrogen) atoms. The van der Waals surface area contributed by atoms with Crippen LogP contribution in [0.15, 0.2) is 36.7 Å². The smallest absolute Gasteiger partial charge is 0.248 e. The third-order valence-corrected chi connectivity index (χ3v) is 4.56. The van der Waals surface area contributed by atoms with E-state index >= 15 is 0 Å². The normalized spacial score (nSPS) is 15.6. The number of aromatic nitrogens is 3. The number of hydrogen-bond acceptors (Lipinski definition) is 4. The van der Waals surface area contributed by atoms with Crippen LogP contribution in [0, 0.1) is 0 Å². The second-order valence-corrected chi connectivity index (χ2v) is 6.24. The fourth-order valence-corrected chi connectivity index (χ4v) is 3.13. The molecule has 1 fully saturated rings. The molecule has 0 bridgehead atoms. The maximum atomic E-state index is 12.2. The Kier molecular flexibility index (Phi) is 5.59. The van der Waals surface area contributed by atoms with Crippen molar-refractivity contribution in [2.24, 2.45) is 7.05 Å². The van der Waals surface area contributed by atoms with Gasteiger partial charge in [0.05, 0.1) is 6.61 Å². The molecule has 0 aliphatic carbocycles. The summed E-state index contributed by atoms with van der Waals surface area (Å²) < 4.78 is 7.52. The zero-order valence-electron chi connectivity index (χ0n) is 14.1. The van der Waals surface area contributed by atoms with E-state index in [1.165, 1.54) is 5.56 Å². The van der Waals surface area contributed by atoms with Gasteiger partial charge in [0.25, 0.3) is 0 Å². The first-order valence-corrected chi connectivity index (χ1v) is 8.47. The van der Waals surface area contributed by atoms with Gasteiger partial charge in [0.15, 0.2) is 0 Å². The summed E-state index contributed by atoms with van der Waals surface area (Å²) in [6, 6.07) is 10.2. The number of rotatable bonds is 6. The molecule has 3 rings (SSSR count). The highest BCUT2D eigenvalue weighted by Crippen LogP contribution is 2.25. The second kappa shape index (κ2) is 8.06. The Morgan fingerprint density at radius 1 is 1.25 bits per heavy atom. The van der Waals surface area contributed by atoms with Crippen molar-refractivity contribution in [3.05, 3.63) is 48.0 Å². The number of benzene rings is 1. The van der Waals surface area contributed by atoms with Gasteiger partial charge in [0, 0.05) is 26.1 Å². The molecule has 2 heterocycles. The number of hydrogen-bond donors (Lipinski definition) is 0. The summed E-state index contributed by atoms with van der Waals surface area (Å²) >= 11 is 0. The van der Waals surface area contributed by atoms with Crippen molar-refractivity contribution in [2.75, 3.05) is 26.3 Å². The summed E-state index contributed by atoms with van der Waals surface area (Å²) in [5.41, 5.74) is 1.23. The molecule has 1 amide bonds. The topological polar surface area (TPSA) is 60.2 Å². The lowest BCUT2D eigenvalue weighted by molar-refractivity contribution is -0.137. The highest BCUT2D eigenvalue weighted by Gasteiger charge is 2.26. The van der Waals surface area contributed by atoms with E-state index < -0.39 is 0 Å². The van der Waals surface area contributed by atoms with Crippen LogP contribution in [-0.2, 0) is 23.0 Å². The molecular weight excluding hydrogens is 304 g/mol. The molecule has 1 saturated heterocycles. The first-order valence-electron chi connectivity index (χ1n) is 8.47. The quantitative estimate of drug-likeness (QED) is 0.759. The maximum absolute atomic E-state index is 12.2. The van der Waals surface area contributed by atoms with Gasteiger partial charge in [-0.2, -0.15) is 0 Å². The number of carbonyl (C=O) groups is 1. The molecule has 1 aromatic heterocycles. The van der Waals surface area contributed by atoms with Gasteiger partial charge in [0.2, 0.25) is 5.91 Å². The Balaban J connectivity index is 1.37. The lowest BCUT2D eigenvalue weighted by Gasteiger charge is -2.31. The molecule has 6 heteroatoms. The van der Waals surface area contributed by atoms with Gasteiger partial charge in [-0.15, -0.1) is 10.2 Å². The summed E-state index contributed by atoms with van der Waals surface area (Å²) in [7, 11) is 1.97. The van der Waals surface area contributed by atoms with Gasteiger partial charge >= 0.3 is 0 Å². The number of likely N-dealkylation sites (tertiary alicyclic amines) is 1. The summed E-state index contributed by atoms with van der Waals surface area (Å²) in [6.07, 6.45) is 4.43. The minimum absolute atomic E-state index is 0.0828. The Hall–Kier alpha value is -2.21. The predicted octanol–water partition coefficient (Wildman–Crippen LogP) is 1.78. The van der Waals surface area contributed by atoms with Gasteiger partial charge in [0.1, 0.15) is 18.8 Å². The Morgan fingerprint density at radius 3 is 2.67 bits per heavy atom. The largest absolute Gasteiger partial charge is 0.371 e. The van der Waals surface area contributed by atoms with Crippen LogP contribution in [0.1, 0.15) is 30.1 Å². The van der Waals surface area contributed by atoms with E-state index in [1.54, 1.807) is 6.33 Å². The molecule has 128 valence electrons. The summed E-state index contributed by atoms with van der Waals surface area (Å²) in [5.74, 6) is 1.49. The zero-order valence-corrected chi connectivity index (χ0v) is 14.1. The third kappa shape index (κ3) is 4.20. The summed E-state index contributed by atoms with van der Waals surface area (Å²) in [4.78, 5) is 14.1. The zero-order chi connectivity index (χ0) is 16.8. The van der Waals surface area contributed by atoms with Crippen LogP contribution in [0.2, 0.25) is 0 Å². The Labute approximate surface area is 142 Å². The van der Waals surface area contributed by atoms with Gasteiger partial charge in [-0.1, -0.05) is 30.3 Å². The van der Waals surface area contributed by atoms with Crippen LogP contribution in [0.4, 0.5) is 0 Å². The Morgan fingerprint density at radius 2 is 2.00 bits per heavy atom.